The molecule has 0 bridgehead atoms. The Bertz CT molecular complexity index is 461. The van der Waals surface area contributed by atoms with E-state index in [0.717, 1.165) is 24.3 Å². The molecule has 0 aromatic carbocycles. The molecular formula is C9H12N2O3S2. The summed E-state index contributed by atoms with van der Waals surface area (Å²) in [5.74, 6) is -0.467. The number of carbonyl (C=O) groups is 1. The van der Waals surface area contributed by atoms with Gasteiger partial charge in [0.15, 0.2) is 0 Å². The molecule has 0 saturated carbocycles. The molecule has 2 heterocycles. The third-order valence-corrected chi connectivity index (χ3v) is 5.12. The van der Waals surface area contributed by atoms with Crippen LogP contribution in [0.3, 0.4) is 0 Å². The summed E-state index contributed by atoms with van der Waals surface area (Å²) in [6.07, 6.45) is 1.59. The average Bonchev–Trinajstić information content (AvgIpc) is 2.91. The van der Waals surface area contributed by atoms with Gasteiger partial charge in [0.1, 0.15) is 4.21 Å². The quantitative estimate of drug-likeness (QED) is 0.820. The van der Waals surface area contributed by atoms with Crippen molar-refractivity contribution in [3.8, 4) is 0 Å². The summed E-state index contributed by atoms with van der Waals surface area (Å²) in [6.45, 7) is 0.761. The molecule has 1 aliphatic heterocycles. The van der Waals surface area contributed by atoms with Crippen LogP contribution in [0.1, 0.15) is 12.8 Å². The lowest BCUT2D eigenvalue weighted by atomic mass is 10.2. The van der Waals surface area contributed by atoms with E-state index in [4.69, 9.17) is 0 Å². The van der Waals surface area contributed by atoms with Crippen molar-refractivity contribution in [2.75, 3.05) is 6.54 Å². The average molecular weight is 260 g/mol. The highest BCUT2D eigenvalue weighted by molar-refractivity contribution is 7.92. The summed E-state index contributed by atoms with van der Waals surface area (Å²) in [7, 11) is -3.67. The van der Waals surface area contributed by atoms with Crippen molar-refractivity contribution in [2.45, 2.75) is 23.1 Å². The second-order valence-corrected chi connectivity index (χ2v) is 6.41. The molecule has 2 rings (SSSR count). The lowest BCUT2D eigenvalue weighted by molar-refractivity contribution is -0.121. The summed E-state index contributed by atoms with van der Waals surface area (Å²) in [6, 6.07) is 2.73. The molecule has 1 amide bonds. The Kier molecular flexibility index (Phi) is 3.27. The second-order valence-electron chi connectivity index (χ2n) is 3.55. The van der Waals surface area contributed by atoms with Gasteiger partial charge in [0.2, 0.25) is 0 Å². The van der Waals surface area contributed by atoms with Crippen molar-refractivity contribution in [3.63, 3.8) is 0 Å². The molecule has 1 aromatic rings. The predicted molar refractivity (Wildman–Crippen MR) is 60.7 cm³/mol. The summed E-state index contributed by atoms with van der Waals surface area (Å²) in [5, 5.41) is 4.61. The van der Waals surface area contributed by atoms with Gasteiger partial charge >= 0.3 is 0 Å². The fourth-order valence-corrected chi connectivity index (χ4v) is 3.59. The first-order chi connectivity index (χ1) is 7.59. The highest BCUT2D eigenvalue weighted by atomic mass is 32.2. The number of carbonyl (C=O) groups excluding carboxylic acids is 1. The number of hydrogen-bond acceptors (Lipinski definition) is 5. The first-order valence-corrected chi connectivity index (χ1v) is 7.29. The van der Waals surface area contributed by atoms with Crippen molar-refractivity contribution in [1.29, 1.82) is 0 Å². The maximum atomic E-state index is 11.7. The van der Waals surface area contributed by atoms with Crippen molar-refractivity contribution >= 4 is 27.3 Å². The van der Waals surface area contributed by atoms with Crippen LogP contribution in [0.2, 0.25) is 0 Å². The van der Waals surface area contributed by atoms with E-state index in [0.29, 0.717) is 6.42 Å². The number of thiophene rings is 1. The number of rotatable bonds is 3. The molecule has 1 aromatic heterocycles. The zero-order chi connectivity index (χ0) is 11.6. The Morgan fingerprint density at radius 2 is 2.38 bits per heavy atom. The summed E-state index contributed by atoms with van der Waals surface area (Å²) >= 11 is 1.09. The lowest BCUT2D eigenvalue weighted by Gasteiger charge is -2.10. The van der Waals surface area contributed by atoms with E-state index in [9.17, 15) is 13.2 Å². The van der Waals surface area contributed by atoms with Crippen molar-refractivity contribution < 1.29 is 13.2 Å². The van der Waals surface area contributed by atoms with E-state index in [1.54, 1.807) is 11.4 Å². The molecule has 16 heavy (non-hydrogen) atoms. The maximum absolute atomic E-state index is 11.7. The van der Waals surface area contributed by atoms with Crippen molar-refractivity contribution in [2.24, 2.45) is 0 Å². The summed E-state index contributed by atoms with van der Waals surface area (Å²) in [4.78, 5) is 11.6. The predicted octanol–water partition coefficient (Wildman–Crippen LogP) is 0.305. The Balaban J connectivity index is 2.06. The molecule has 0 spiro atoms. The van der Waals surface area contributed by atoms with Gasteiger partial charge in [-0.3, -0.25) is 4.79 Å². The van der Waals surface area contributed by atoms with E-state index in [1.807, 2.05) is 0 Å². The third-order valence-electron chi connectivity index (χ3n) is 2.37. The smallest absolute Gasteiger partial charge is 0.273 e. The van der Waals surface area contributed by atoms with Gasteiger partial charge in [0.25, 0.3) is 15.9 Å². The van der Waals surface area contributed by atoms with Crippen LogP contribution in [-0.2, 0) is 14.8 Å². The van der Waals surface area contributed by atoms with Crippen LogP contribution < -0.4 is 10.0 Å². The van der Waals surface area contributed by atoms with Crippen LogP contribution in [0, 0.1) is 0 Å². The largest absolute Gasteiger partial charge is 0.306 e. The molecular weight excluding hydrogens is 248 g/mol. The van der Waals surface area contributed by atoms with E-state index < -0.39 is 15.9 Å². The van der Waals surface area contributed by atoms with Crippen LogP contribution >= 0.6 is 11.3 Å². The minimum absolute atomic E-state index is 0.166. The SMILES string of the molecule is O=C(NS(=O)(=O)c1cccs1)[C@H]1CCCN1. The fourth-order valence-electron chi connectivity index (χ4n) is 1.58. The fraction of sp³-hybridized carbons (Fsp3) is 0.444. The number of amides is 1. The standard InChI is InChI=1S/C9H12N2O3S2/c12-9(7-3-1-5-10-7)11-16(13,14)8-4-2-6-15-8/h2,4,6-7,10H,1,3,5H2,(H,11,12)/t7-/m1/s1. The van der Waals surface area contributed by atoms with Crippen LogP contribution in [0.4, 0.5) is 0 Å². The summed E-state index contributed by atoms with van der Waals surface area (Å²) < 4.78 is 25.7. The van der Waals surface area contributed by atoms with Crippen LogP contribution in [-0.4, -0.2) is 26.9 Å². The summed E-state index contributed by atoms with van der Waals surface area (Å²) in [5.41, 5.74) is 0. The molecule has 2 N–H and O–H groups in total. The molecule has 0 aliphatic carbocycles. The van der Waals surface area contributed by atoms with Crippen LogP contribution in [0.25, 0.3) is 0 Å². The maximum Gasteiger partial charge on any atom is 0.273 e. The second kappa shape index (κ2) is 4.52. The molecule has 7 heteroatoms. The van der Waals surface area contributed by atoms with Gasteiger partial charge in [0, 0.05) is 0 Å². The Labute approximate surface area is 97.9 Å². The van der Waals surface area contributed by atoms with Gasteiger partial charge in [-0.25, -0.2) is 13.1 Å². The van der Waals surface area contributed by atoms with Crippen molar-refractivity contribution in [3.05, 3.63) is 17.5 Å². The van der Waals surface area contributed by atoms with Crippen LogP contribution in [0.15, 0.2) is 21.7 Å². The molecule has 1 fully saturated rings. The van der Waals surface area contributed by atoms with Gasteiger partial charge in [-0.05, 0) is 30.8 Å². The first kappa shape index (κ1) is 11.6. The topological polar surface area (TPSA) is 75.3 Å². The van der Waals surface area contributed by atoms with E-state index >= 15 is 0 Å². The zero-order valence-electron chi connectivity index (χ0n) is 8.47. The van der Waals surface area contributed by atoms with Gasteiger partial charge < -0.3 is 5.32 Å². The van der Waals surface area contributed by atoms with Gasteiger partial charge in [-0.2, -0.15) is 0 Å². The normalized spacial score (nSPS) is 20.9. The van der Waals surface area contributed by atoms with Gasteiger partial charge in [-0.15, -0.1) is 11.3 Å². The third kappa shape index (κ3) is 2.42. The molecule has 88 valence electrons. The molecule has 1 saturated heterocycles. The Morgan fingerprint density at radius 1 is 1.56 bits per heavy atom. The first-order valence-electron chi connectivity index (χ1n) is 4.93. The molecule has 0 radical (unpaired) electrons. The molecule has 5 nitrogen and oxygen atoms in total. The van der Waals surface area contributed by atoms with E-state index in [-0.39, 0.29) is 10.3 Å². The van der Waals surface area contributed by atoms with Crippen molar-refractivity contribution in [1.82, 2.24) is 10.0 Å². The Morgan fingerprint density at radius 3 is 2.94 bits per heavy atom. The Hall–Kier alpha value is -0.920. The number of sulfonamides is 1. The van der Waals surface area contributed by atoms with Gasteiger partial charge in [0.05, 0.1) is 6.04 Å². The van der Waals surface area contributed by atoms with E-state index in [1.165, 1.54) is 6.07 Å². The molecule has 0 unspecified atom stereocenters. The van der Waals surface area contributed by atoms with Gasteiger partial charge in [-0.1, -0.05) is 6.07 Å². The lowest BCUT2D eigenvalue weighted by Crippen LogP contribution is -2.42. The zero-order valence-corrected chi connectivity index (χ0v) is 10.1. The number of hydrogen-bond donors (Lipinski definition) is 2. The highest BCUT2D eigenvalue weighted by Gasteiger charge is 2.26. The monoisotopic (exact) mass is 260 g/mol. The number of nitrogens with one attached hydrogen (secondary N) is 2. The van der Waals surface area contributed by atoms with E-state index in [2.05, 4.69) is 10.0 Å². The highest BCUT2D eigenvalue weighted by Crippen LogP contribution is 2.16. The minimum atomic E-state index is -3.67. The minimum Gasteiger partial charge on any atom is -0.306 e. The van der Waals surface area contributed by atoms with Crippen LogP contribution in [0.5, 0.6) is 0 Å². The molecule has 1 atom stereocenters. The molecule has 1 aliphatic rings.